The zero-order chi connectivity index (χ0) is 25.3. The lowest BCUT2D eigenvalue weighted by Crippen LogP contribution is -2.24. The van der Waals surface area contributed by atoms with Gasteiger partial charge in [0.05, 0.1) is 30.5 Å². The molecule has 5 rings (SSSR count). The maximum absolute atomic E-state index is 13.3. The summed E-state index contributed by atoms with van der Waals surface area (Å²) in [5, 5.41) is 19.7. The van der Waals surface area contributed by atoms with Crippen LogP contribution in [-0.4, -0.2) is 61.2 Å². The van der Waals surface area contributed by atoms with Gasteiger partial charge in [0, 0.05) is 36.9 Å². The molecule has 1 saturated carbocycles. The van der Waals surface area contributed by atoms with Crippen molar-refractivity contribution in [2.75, 3.05) is 6.61 Å². The number of ketones is 1. The molecule has 1 fully saturated rings. The summed E-state index contributed by atoms with van der Waals surface area (Å²) in [5.41, 5.74) is 3.04. The Balaban J connectivity index is 1.27. The van der Waals surface area contributed by atoms with E-state index >= 15 is 0 Å². The highest BCUT2D eigenvalue weighted by Gasteiger charge is 2.35. The van der Waals surface area contributed by atoms with Gasteiger partial charge in [0.25, 0.3) is 0 Å². The van der Waals surface area contributed by atoms with Crippen LogP contribution >= 0.6 is 0 Å². The quantitative estimate of drug-likeness (QED) is 0.308. The average Bonchev–Trinajstić information content (AvgIpc) is 3.57. The van der Waals surface area contributed by atoms with E-state index in [0.717, 1.165) is 11.2 Å². The van der Waals surface area contributed by atoms with Gasteiger partial charge in [0.15, 0.2) is 0 Å². The van der Waals surface area contributed by atoms with Gasteiger partial charge in [-0.2, -0.15) is 13.5 Å². The van der Waals surface area contributed by atoms with Crippen molar-refractivity contribution in [2.45, 2.75) is 31.9 Å². The van der Waals surface area contributed by atoms with Crippen LogP contribution in [-0.2, 0) is 27.5 Å². The van der Waals surface area contributed by atoms with E-state index in [2.05, 4.69) is 24.2 Å². The summed E-state index contributed by atoms with van der Waals surface area (Å²) in [4.78, 5) is 25.8. The smallest absolute Gasteiger partial charge is 0.333 e. The first-order valence-corrected chi connectivity index (χ1v) is 12.9. The standard InChI is InChI=1S/C23H25N7O5S/c24-36(33,34)35-13-17-7-16(9-21(17)31)8-20-18(10-25-14-27-20)23(32)19-3-5-30(28-19)12-15-1-2-22-26-4-6-29(22)11-15/h1-6,10-11,14,16-17,21,31H,7-9,12-13H2,(H2,24,33,34)/t16-,17+,21-/m0/s1. The van der Waals surface area contributed by atoms with Gasteiger partial charge in [-0.05, 0) is 42.9 Å². The topological polar surface area (TPSA) is 168 Å². The van der Waals surface area contributed by atoms with Crippen LogP contribution in [0.15, 0.2) is 55.5 Å². The second-order valence-electron chi connectivity index (χ2n) is 8.99. The van der Waals surface area contributed by atoms with Crippen LogP contribution in [0.3, 0.4) is 0 Å². The SMILES string of the molecule is NS(=O)(=O)OC[C@H]1C[C@@H](Cc2ncncc2C(=O)c2ccn(Cc3ccc4nccn4c3)n2)C[C@@H]1O. The lowest BCUT2D eigenvalue weighted by Gasteiger charge is -2.13. The van der Waals surface area contributed by atoms with Crippen LogP contribution in [0.4, 0.5) is 0 Å². The van der Waals surface area contributed by atoms with Gasteiger partial charge in [-0.3, -0.25) is 13.7 Å². The summed E-state index contributed by atoms with van der Waals surface area (Å²) in [6.45, 7) is 0.304. The number of aromatic nitrogens is 6. The summed E-state index contributed by atoms with van der Waals surface area (Å²) in [5.74, 6) is -0.667. The summed E-state index contributed by atoms with van der Waals surface area (Å²) >= 11 is 0. The number of imidazole rings is 1. The predicted molar refractivity (Wildman–Crippen MR) is 127 cm³/mol. The minimum Gasteiger partial charge on any atom is -0.393 e. The Morgan fingerprint density at radius 1 is 1.19 bits per heavy atom. The van der Waals surface area contributed by atoms with Crippen molar-refractivity contribution >= 4 is 21.7 Å². The molecule has 4 aromatic heterocycles. The van der Waals surface area contributed by atoms with Gasteiger partial charge in [-0.1, -0.05) is 6.07 Å². The molecule has 0 amide bonds. The Morgan fingerprint density at radius 3 is 2.89 bits per heavy atom. The first-order chi connectivity index (χ1) is 17.2. The number of nitrogens with zero attached hydrogens (tertiary/aromatic N) is 6. The van der Waals surface area contributed by atoms with Crippen LogP contribution in [0.1, 0.15) is 40.2 Å². The van der Waals surface area contributed by atoms with Crippen molar-refractivity contribution in [2.24, 2.45) is 17.0 Å². The fraction of sp³-hybridized carbons (Fsp3) is 0.348. The third-order valence-electron chi connectivity index (χ3n) is 6.39. The largest absolute Gasteiger partial charge is 0.393 e. The highest BCUT2D eigenvalue weighted by Crippen LogP contribution is 2.34. The molecule has 0 saturated heterocycles. The molecule has 3 atom stereocenters. The molecule has 12 nitrogen and oxygen atoms in total. The summed E-state index contributed by atoms with van der Waals surface area (Å²) in [6, 6.07) is 5.55. The Labute approximate surface area is 207 Å². The fourth-order valence-electron chi connectivity index (χ4n) is 4.68. The summed E-state index contributed by atoms with van der Waals surface area (Å²) in [6.07, 6.45) is 10.8. The maximum atomic E-state index is 13.3. The molecule has 3 N–H and O–H groups in total. The molecule has 4 heterocycles. The Kier molecular flexibility index (Phi) is 6.62. The van der Waals surface area contributed by atoms with Crippen molar-refractivity contribution in [1.82, 2.24) is 29.1 Å². The molecule has 0 aromatic carbocycles. The lowest BCUT2D eigenvalue weighted by atomic mass is 9.96. The van der Waals surface area contributed by atoms with Crippen LogP contribution < -0.4 is 5.14 Å². The van der Waals surface area contributed by atoms with Gasteiger partial charge in [0.2, 0.25) is 5.78 Å². The van der Waals surface area contributed by atoms with Crippen molar-refractivity contribution in [3.8, 4) is 0 Å². The Bertz CT molecular complexity index is 1500. The molecule has 36 heavy (non-hydrogen) atoms. The highest BCUT2D eigenvalue weighted by atomic mass is 32.2. The van der Waals surface area contributed by atoms with Crippen molar-refractivity contribution < 1.29 is 22.5 Å². The number of aliphatic hydroxyl groups excluding tert-OH is 1. The number of pyridine rings is 1. The highest BCUT2D eigenvalue weighted by molar-refractivity contribution is 7.84. The number of nitrogens with two attached hydrogens (primary N) is 1. The zero-order valence-corrected chi connectivity index (χ0v) is 20.0. The predicted octanol–water partition coefficient (Wildman–Crippen LogP) is 0.750. The lowest BCUT2D eigenvalue weighted by molar-refractivity contribution is 0.100. The second-order valence-corrected chi connectivity index (χ2v) is 10.2. The van der Waals surface area contributed by atoms with E-state index in [0.29, 0.717) is 37.1 Å². The van der Waals surface area contributed by atoms with Crippen molar-refractivity contribution in [3.05, 3.63) is 78.0 Å². The number of carbonyl (C=O) groups is 1. The summed E-state index contributed by atoms with van der Waals surface area (Å²) < 4.78 is 30.4. The monoisotopic (exact) mass is 511 g/mol. The number of hydrogen-bond acceptors (Lipinski definition) is 9. The molecule has 0 radical (unpaired) electrons. The minimum atomic E-state index is -4.07. The zero-order valence-electron chi connectivity index (χ0n) is 19.2. The number of aliphatic hydroxyl groups is 1. The average molecular weight is 512 g/mol. The van der Waals surface area contributed by atoms with Gasteiger partial charge in [-0.15, -0.1) is 0 Å². The van der Waals surface area contributed by atoms with Gasteiger partial charge in [-0.25, -0.2) is 20.1 Å². The molecule has 1 aliphatic rings. The molecule has 13 heteroatoms. The third kappa shape index (κ3) is 5.49. The third-order valence-corrected chi connectivity index (χ3v) is 6.86. The number of carbonyl (C=O) groups excluding carboxylic acids is 1. The summed E-state index contributed by atoms with van der Waals surface area (Å²) in [7, 11) is -4.07. The van der Waals surface area contributed by atoms with E-state index in [1.165, 1.54) is 12.5 Å². The Hall–Kier alpha value is -3.52. The van der Waals surface area contributed by atoms with Crippen molar-refractivity contribution in [3.63, 3.8) is 0 Å². The minimum absolute atomic E-state index is 0.00817. The molecule has 0 spiro atoms. The normalized spacial score (nSPS) is 20.2. The molecule has 0 bridgehead atoms. The second kappa shape index (κ2) is 9.85. The first kappa shape index (κ1) is 24.2. The molecule has 4 aromatic rings. The molecular formula is C23H25N7O5S. The molecule has 0 aliphatic heterocycles. The van der Waals surface area contributed by atoms with E-state index in [9.17, 15) is 18.3 Å². The van der Waals surface area contributed by atoms with Gasteiger partial charge in [0.1, 0.15) is 17.7 Å². The molecule has 1 aliphatic carbocycles. The molecule has 0 unspecified atom stereocenters. The van der Waals surface area contributed by atoms with Crippen LogP contribution in [0.5, 0.6) is 0 Å². The van der Waals surface area contributed by atoms with Crippen LogP contribution in [0.25, 0.3) is 5.65 Å². The van der Waals surface area contributed by atoms with E-state index in [1.54, 1.807) is 23.1 Å². The van der Waals surface area contributed by atoms with Crippen molar-refractivity contribution in [1.29, 1.82) is 0 Å². The van der Waals surface area contributed by atoms with E-state index in [-0.39, 0.29) is 29.9 Å². The number of rotatable bonds is 9. The Morgan fingerprint density at radius 2 is 2.06 bits per heavy atom. The van der Waals surface area contributed by atoms with Crippen LogP contribution in [0.2, 0.25) is 0 Å². The first-order valence-electron chi connectivity index (χ1n) is 11.4. The number of fused-ring (bicyclic) bond motifs is 1. The fourth-order valence-corrected chi connectivity index (χ4v) is 5.04. The van der Waals surface area contributed by atoms with E-state index < -0.39 is 16.4 Å². The van der Waals surface area contributed by atoms with Gasteiger partial charge < -0.3 is 9.51 Å². The maximum Gasteiger partial charge on any atom is 0.333 e. The van der Waals surface area contributed by atoms with Crippen LogP contribution in [0, 0.1) is 11.8 Å². The van der Waals surface area contributed by atoms with E-state index in [4.69, 9.17) is 5.14 Å². The molecule has 188 valence electrons. The molecular weight excluding hydrogens is 486 g/mol. The van der Waals surface area contributed by atoms with Gasteiger partial charge >= 0.3 is 10.3 Å². The van der Waals surface area contributed by atoms with E-state index in [1.807, 2.05) is 28.9 Å². The number of hydrogen-bond donors (Lipinski definition) is 2.